The molecule has 1 amide bonds. The van der Waals surface area contributed by atoms with E-state index in [0.717, 1.165) is 19.3 Å². The summed E-state index contributed by atoms with van der Waals surface area (Å²) in [7, 11) is 0. The van der Waals surface area contributed by atoms with Crippen LogP contribution in [0.2, 0.25) is 0 Å². The molecule has 22 heavy (non-hydrogen) atoms. The third-order valence-corrected chi connectivity index (χ3v) is 4.79. The second-order valence-electron chi connectivity index (χ2n) is 6.61. The van der Waals surface area contributed by atoms with Gasteiger partial charge in [-0.3, -0.25) is 4.79 Å². The van der Waals surface area contributed by atoms with Crippen LogP contribution in [0.1, 0.15) is 37.3 Å². The van der Waals surface area contributed by atoms with E-state index < -0.39 is 5.60 Å². The summed E-state index contributed by atoms with van der Waals surface area (Å²) in [5.74, 6) is 0.128. The van der Waals surface area contributed by atoms with Crippen molar-refractivity contribution in [2.75, 3.05) is 19.7 Å². The Bertz CT molecular complexity index is 531. The smallest absolute Gasteiger partial charge is 0.254 e. The van der Waals surface area contributed by atoms with Gasteiger partial charge in [0.1, 0.15) is 5.60 Å². The number of benzene rings is 1. The van der Waals surface area contributed by atoms with Gasteiger partial charge in [-0.15, -0.1) is 0 Å². The Morgan fingerprint density at radius 3 is 2.82 bits per heavy atom. The molecular formula is C18H25NO3. The number of amides is 1. The first-order valence-electron chi connectivity index (χ1n) is 8.18. The van der Waals surface area contributed by atoms with Gasteiger partial charge in [0.2, 0.25) is 0 Å². The lowest BCUT2D eigenvalue weighted by atomic mass is 9.93. The van der Waals surface area contributed by atoms with Crippen LogP contribution in [0, 0.1) is 6.92 Å². The average Bonchev–Trinajstić information content (AvgIpc) is 2.48. The third kappa shape index (κ3) is 3.18. The van der Waals surface area contributed by atoms with Crippen LogP contribution in [0.5, 0.6) is 0 Å². The van der Waals surface area contributed by atoms with Gasteiger partial charge in [-0.05, 0) is 44.2 Å². The molecule has 1 aromatic carbocycles. The molecule has 2 aliphatic heterocycles. The predicted octanol–water partition coefficient (Wildman–Crippen LogP) is 2.68. The van der Waals surface area contributed by atoms with Gasteiger partial charge in [-0.25, -0.2) is 0 Å². The minimum absolute atomic E-state index is 0.128. The summed E-state index contributed by atoms with van der Waals surface area (Å²) < 4.78 is 11.6. The maximum atomic E-state index is 12.5. The van der Waals surface area contributed by atoms with Crippen LogP contribution in [0.15, 0.2) is 24.3 Å². The van der Waals surface area contributed by atoms with Gasteiger partial charge >= 0.3 is 0 Å². The zero-order valence-electron chi connectivity index (χ0n) is 13.5. The largest absolute Gasteiger partial charge is 0.370 e. The molecule has 0 radical (unpaired) electrons. The van der Waals surface area contributed by atoms with E-state index in [4.69, 9.17) is 9.47 Å². The highest BCUT2D eigenvalue weighted by atomic mass is 16.5. The van der Waals surface area contributed by atoms with E-state index in [9.17, 15) is 4.79 Å². The fourth-order valence-electron chi connectivity index (χ4n) is 3.13. The molecule has 2 aliphatic rings. The molecule has 0 spiro atoms. The maximum absolute atomic E-state index is 12.5. The molecule has 0 aromatic heterocycles. The normalized spacial score (nSPS) is 25.8. The van der Waals surface area contributed by atoms with Crippen molar-refractivity contribution in [1.29, 1.82) is 0 Å². The second-order valence-corrected chi connectivity index (χ2v) is 6.61. The number of carbonyl (C=O) groups is 1. The SMILES string of the molecule is Cc1ccccc1COC1CN(C(=O)[C@]2(C)CCCCO2)C1. The lowest BCUT2D eigenvalue weighted by molar-refractivity contribution is -0.174. The van der Waals surface area contributed by atoms with E-state index >= 15 is 0 Å². The summed E-state index contributed by atoms with van der Waals surface area (Å²) in [4.78, 5) is 14.4. The van der Waals surface area contributed by atoms with Crippen molar-refractivity contribution in [2.45, 2.75) is 51.4 Å². The Morgan fingerprint density at radius 2 is 2.14 bits per heavy atom. The quantitative estimate of drug-likeness (QED) is 0.858. The minimum atomic E-state index is -0.612. The summed E-state index contributed by atoms with van der Waals surface area (Å²) >= 11 is 0. The van der Waals surface area contributed by atoms with Crippen LogP contribution in [0.3, 0.4) is 0 Å². The van der Waals surface area contributed by atoms with Gasteiger partial charge < -0.3 is 14.4 Å². The molecule has 1 atom stereocenters. The topological polar surface area (TPSA) is 38.8 Å². The predicted molar refractivity (Wildman–Crippen MR) is 84.5 cm³/mol. The van der Waals surface area contributed by atoms with Crippen LogP contribution < -0.4 is 0 Å². The number of rotatable bonds is 4. The molecule has 4 heteroatoms. The first kappa shape index (κ1) is 15.5. The number of likely N-dealkylation sites (tertiary alicyclic amines) is 1. The Balaban J connectivity index is 1.46. The Kier molecular flexibility index (Phi) is 4.50. The van der Waals surface area contributed by atoms with Crippen molar-refractivity contribution in [3.8, 4) is 0 Å². The van der Waals surface area contributed by atoms with Crippen molar-refractivity contribution in [1.82, 2.24) is 4.90 Å². The Morgan fingerprint density at radius 1 is 1.36 bits per heavy atom. The molecule has 0 N–H and O–H groups in total. The second kappa shape index (κ2) is 6.39. The first-order chi connectivity index (χ1) is 10.6. The van der Waals surface area contributed by atoms with Gasteiger partial charge in [0, 0.05) is 19.7 Å². The van der Waals surface area contributed by atoms with E-state index in [-0.39, 0.29) is 12.0 Å². The molecule has 2 heterocycles. The van der Waals surface area contributed by atoms with Crippen LogP contribution in [-0.4, -0.2) is 42.2 Å². The van der Waals surface area contributed by atoms with Crippen molar-refractivity contribution in [3.05, 3.63) is 35.4 Å². The van der Waals surface area contributed by atoms with Crippen molar-refractivity contribution < 1.29 is 14.3 Å². The number of hydrogen-bond donors (Lipinski definition) is 0. The van der Waals surface area contributed by atoms with Gasteiger partial charge in [0.05, 0.1) is 12.7 Å². The third-order valence-electron chi connectivity index (χ3n) is 4.79. The highest BCUT2D eigenvalue weighted by Gasteiger charge is 2.43. The molecule has 0 saturated carbocycles. The van der Waals surface area contributed by atoms with Crippen LogP contribution in [-0.2, 0) is 20.9 Å². The highest BCUT2D eigenvalue weighted by Crippen LogP contribution is 2.29. The molecule has 4 nitrogen and oxygen atoms in total. The monoisotopic (exact) mass is 303 g/mol. The fourth-order valence-corrected chi connectivity index (χ4v) is 3.13. The summed E-state index contributed by atoms with van der Waals surface area (Å²) in [6.07, 6.45) is 3.11. The average molecular weight is 303 g/mol. The van der Waals surface area contributed by atoms with E-state index in [1.807, 2.05) is 24.0 Å². The van der Waals surface area contributed by atoms with Gasteiger partial charge in [-0.1, -0.05) is 24.3 Å². The number of aryl methyl sites for hydroxylation is 1. The number of carbonyl (C=O) groups excluding carboxylic acids is 1. The number of hydrogen-bond acceptors (Lipinski definition) is 3. The van der Waals surface area contributed by atoms with Crippen LogP contribution in [0.4, 0.5) is 0 Å². The Hall–Kier alpha value is -1.39. The minimum Gasteiger partial charge on any atom is -0.370 e. The molecule has 120 valence electrons. The maximum Gasteiger partial charge on any atom is 0.254 e. The van der Waals surface area contributed by atoms with Crippen LogP contribution in [0.25, 0.3) is 0 Å². The molecule has 1 aromatic rings. The first-order valence-corrected chi connectivity index (χ1v) is 8.18. The van der Waals surface area contributed by atoms with Gasteiger partial charge in [-0.2, -0.15) is 0 Å². The number of nitrogens with zero attached hydrogens (tertiary/aromatic N) is 1. The molecule has 0 unspecified atom stereocenters. The lowest BCUT2D eigenvalue weighted by Gasteiger charge is -2.44. The molecule has 2 fully saturated rings. The van der Waals surface area contributed by atoms with E-state index in [2.05, 4.69) is 19.1 Å². The van der Waals surface area contributed by atoms with E-state index in [0.29, 0.717) is 26.3 Å². The van der Waals surface area contributed by atoms with E-state index in [1.54, 1.807) is 0 Å². The number of ether oxygens (including phenoxy) is 2. The molecular weight excluding hydrogens is 278 g/mol. The van der Waals surface area contributed by atoms with Gasteiger partial charge in [0.15, 0.2) is 0 Å². The fraction of sp³-hybridized carbons (Fsp3) is 0.611. The lowest BCUT2D eigenvalue weighted by Crippen LogP contribution is -2.61. The molecule has 0 bridgehead atoms. The summed E-state index contributed by atoms with van der Waals surface area (Å²) in [5, 5.41) is 0. The summed E-state index contributed by atoms with van der Waals surface area (Å²) in [6, 6.07) is 8.25. The van der Waals surface area contributed by atoms with Crippen molar-refractivity contribution in [3.63, 3.8) is 0 Å². The Labute approximate surface area is 132 Å². The van der Waals surface area contributed by atoms with Crippen molar-refractivity contribution in [2.24, 2.45) is 0 Å². The molecule has 0 aliphatic carbocycles. The van der Waals surface area contributed by atoms with Gasteiger partial charge in [0.25, 0.3) is 5.91 Å². The summed E-state index contributed by atoms with van der Waals surface area (Å²) in [6.45, 7) is 6.70. The highest BCUT2D eigenvalue weighted by molar-refractivity contribution is 5.85. The standard InChI is InChI=1S/C18H25NO3/c1-14-7-3-4-8-15(14)13-21-16-11-19(12-16)17(20)18(2)9-5-6-10-22-18/h3-4,7-8,16H,5-6,9-13H2,1-2H3/t18-/m0/s1. The zero-order chi connectivity index (χ0) is 15.6. The van der Waals surface area contributed by atoms with E-state index in [1.165, 1.54) is 11.1 Å². The van der Waals surface area contributed by atoms with Crippen molar-refractivity contribution >= 4 is 5.91 Å². The zero-order valence-corrected chi connectivity index (χ0v) is 13.5. The summed E-state index contributed by atoms with van der Waals surface area (Å²) in [5.41, 5.74) is 1.85. The molecule has 2 saturated heterocycles. The van der Waals surface area contributed by atoms with Crippen LogP contribution >= 0.6 is 0 Å². The molecule has 3 rings (SSSR count).